The Bertz CT molecular complexity index is 2540. The second-order valence-corrected chi connectivity index (χ2v) is 19.0. The molecular weight excluding hydrogens is 867 g/mol. The fraction of sp³-hybridized carbons (Fsp3) is 0.480. The molecule has 17 heteroatoms. The minimum absolute atomic E-state index is 0.000895. The summed E-state index contributed by atoms with van der Waals surface area (Å²) in [6.45, 7) is -0.632. The van der Waals surface area contributed by atoms with Gasteiger partial charge in [-0.25, -0.2) is 4.79 Å². The first-order valence-corrected chi connectivity index (χ1v) is 23.0. The Morgan fingerprint density at radius 2 is 1.60 bits per heavy atom. The number of nitrogens with zero attached hydrogens (tertiary/aromatic N) is 3. The van der Waals surface area contributed by atoms with Gasteiger partial charge in [0.15, 0.2) is 23.1 Å². The number of benzene rings is 3. The number of aliphatic carboxylic acids is 1. The molecule has 1 saturated heterocycles. The van der Waals surface area contributed by atoms with Crippen LogP contribution in [-0.2, 0) is 26.2 Å². The number of aliphatic hydroxyl groups excluding tert-OH is 4. The summed E-state index contributed by atoms with van der Waals surface area (Å²) < 4.78 is 11.1. The van der Waals surface area contributed by atoms with Crippen molar-refractivity contribution in [2.45, 2.75) is 130 Å². The Hall–Kier alpha value is -5.66. The fourth-order valence-corrected chi connectivity index (χ4v) is 11.9. The molecule has 17 nitrogen and oxygen atoms in total. The summed E-state index contributed by atoms with van der Waals surface area (Å²) >= 11 is 0. The van der Waals surface area contributed by atoms with E-state index in [4.69, 9.17) is 9.47 Å². The normalized spacial score (nSPS) is 30.6. The van der Waals surface area contributed by atoms with Gasteiger partial charge in [-0.2, -0.15) is 0 Å². The molecule has 3 aliphatic carbocycles. The summed E-state index contributed by atoms with van der Waals surface area (Å²) in [4.78, 5) is 39.3. The third kappa shape index (κ3) is 7.99. The fourth-order valence-electron chi connectivity index (χ4n) is 11.9. The number of carbonyl (C=O) groups excluding carboxylic acids is 1. The quantitative estimate of drug-likeness (QED) is 0.0663. The van der Waals surface area contributed by atoms with Crippen LogP contribution in [-0.4, -0.2) is 130 Å². The lowest BCUT2D eigenvalue weighted by Crippen LogP contribution is -2.67. The molecule has 3 fully saturated rings. The van der Waals surface area contributed by atoms with Crippen LogP contribution in [0.4, 0.5) is 5.69 Å². The smallest absolute Gasteiger partial charge is 0.355 e. The van der Waals surface area contributed by atoms with Gasteiger partial charge in [-0.05, 0) is 92.0 Å². The lowest BCUT2D eigenvalue weighted by atomic mass is 9.55. The zero-order chi connectivity index (χ0) is 47.5. The number of allylic oxidation sites excluding steroid dienone is 1. The molecule has 3 heterocycles. The summed E-state index contributed by atoms with van der Waals surface area (Å²) in [5, 5.41) is 111. The maximum Gasteiger partial charge on any atom is 0.355 e. The molecule has 8 atom stereocenters. The lowest BCUT2D eigenvalue weighted by Gasteiger charge is -2.48. The Balaban J connectivity index is 1.22. The number of carbonyl (C=O) groups is 2. The van der Waals surface area contributed by atoms with Crippen LogP contribution in [0.2, 0.25) is 0 Å². The number of para-hydroxylation sites is 1. The van der Waals surface area contributed by atoms with Crippen LogP contribution in [0.5, 0.6) is 23.0 Å². The van der Waals surface area contributed by atoms with Crippen molar-refractivity contribution in [3.63, 3.8) is 0 Å². The molecular formula is C50H57N3O14. The van der Waals surface area contributed by atoms with E-state index in [9.17, 15) is 55.9 Å². The van der Waals surface area contributed by atoms with Crippen molar-refractivity contribution >= 4 is 35.6 Å². The molecule has 3 aliphatic heterocycles. The number of aliphatic imine (C=N–C) groups is 2. The number of ether oxygens (including phenoxy) is 2. The number of aliphatic hydroxyl groups is 6. The molecule has 9 rings (SSSR count). The average Bonchev–Trinajstić information content (AvgIpc) is 4.12. The molecule has 67 heavy (non-hydrogen) atoms. The highest BCUT2D eigenvalue weighted by molar-refractivity contribution is 6.32. The number of carboxylic acid groups (broad SMARTS) is 1. The van der Waals surface area contributed by atoms with Gasteiger partial charge in [0.2, 0.25) is 0 Å². The summed E-state index contributed by atoms with van der Waals surface area (Å²) in [5.41, 5.74) is -0.951. The van der Waals surface area contributed by atoms with Crippen LogP contribution >= 0.6 is 0 Å². The topological polar surface area (TPSA) is 283 Å². The van der Waals surface area contributed by atoms with E-state index in [-0.39, 0.29) is 42.3 Å². The maximum atomic E-state index is 15.2. The van der Waals surface area contributed by atoms with E-state index in [2.05, 4.69) is 9.98 Å². The molecule has 1 amide bonds. The summed E-state index contributed by atoms with van der Waals surface area (Å²) in [5.74, 6) is -8.49. The Kier molecular flexibility index (Phi) is 12.3. The highest BCUT2D eigenvalue weighted by Crippen LogP contribution is 2.67. The summed E-state index contributed by atoms with van der Waals surface area (Å²) in [6, 6.07) is 14.1. The van der Waals surface area contributed by atoms with Gasteiger partial charge in [0.05, 0.1) is 23.6 Å². The Morgan fingerprint density at radius 1 is 0.866 bits per heavy atom. The number of phenolic OH excluding ortho intramolecular Hbond substituents is 3. The SMILES string of the molecule is O=C(/C=C/c1ccc(O)c(CC2=NCN=C2)c1)N1c2cc(O[C@]3(O)O[C@H](CO)[C@@H](O)[C@H](O)[C@H]3O)c(O)cc2[C@H]2[C@H](C3(c4ccccc4O)CCCCC3)C(CCC3(O)CCCC3)=C[C@]21C(=O)O. The van der Waals surface area contributed by atoms with Crippen molar-refractivity contribution in [2.24, 2.45) is 15.9 Å². The van der Waals surface area contributed by atoms with Crippen molar-refractivity contribution in [1.82, 2.24) is 0 Å². The Morgan fingerprint density at radius 3 is 2.28 bits per heavy atom. The molecule has 2 saturated carbocycles. The van der Waals surface area contributed by atoms with E-state index in [0.29, 0.717) is 60.1 Å². The van der Waals surface area contributed by atoms with Crippen LogP contribution in [0.15, 0.2) is 82.3 Å². The van der Waals surface area contributed by atoms with Gasteiger partial charge in [-0.3, -0.25) is 19.7 Å². The van der Waals surface area contributed by atoms with Crippen LogP contribution in [0.3, 0.4) is 0 Å². The minimum atomic E-state index is -3.18. The van der Waals surface area contributed by atoms with Crippen molar-refractivity contribution in [1.29, 1.82) is 0 Å². The molecule has 0 spiro atoms. The zero-order valence-corrected chi connectivity index (χ0v) is 36.8. The highest BCUT2D eigenvalue weighted by Gasteiger charge is 2.68. The standard InChI is InChI=1S/C50H57N3O14/c54-26-39-43(59)44(60)45(61)50(65,67-39)66-38-23-34-32(22-37(38)57)42-41(48(17-4-1-5-18-48)33-8-2-3-9-36(33)56)29(14-19-47(64)15-6-7-16-47)24-49(42,46(62)63)53(34)40(58)13-11-28-10-12-35(55)30(20-28)21-31-25-51-27-52-31/h2-3,8-13,20,22-25,39,41-45,54-57,59-61,64-65H,1,4-7,14-19,21,26-27H2,(H,62,63)/b13-11+/t39-,41-,42+,43-,44+,45-,49-,50+/m1/s1. The van der Waals surface area contributed by atoms with Gasteiger partial charge in [0.1, 0.15) is 36.5 Å². The number of amides is 1. The number of rotatable bonds is 13. The average molecular weight is 924 g/mol. The number of anilines is 1. The third-order valence-electron chi connectivity index (χ3n) is 15.1. The number of hydrogen-bond acceptors (Lipinski definition) is 15. The number of hydrogen-bond donors (Lipinski definition) is 10. The first-order chi connectivity index (χ1) is 32.0. The predicted octanol–water partition coefficient (Wildman–Crippen LogP) is 3.84. The minimum Gasteiger partial charge on any atom is -0.508 e. The van der Waals surface area contributed by atoms with Crippen molar-refractivity contribution in [3.05, 3.63) is 94.6 Å². The predicted molar refractivity (Wildman–Crippen MR) is 243 cm³/mol. The number of fused-ring (bicyclic) bond motifs is 3. The molecule has 356 valence electrons. The molecule has 3 aromatic rings. The largest absolute Gasteiger partial charge is 0.508 e. The first-order valence-electron chi connectivity index (χ1n) is 23.0. The van der Waals surface area contributed by atoms with Crippen molar-refractivity contribution in [2.75, 3.05) is 18.2 Å². The maximum absolute atomic E-state index is 15.2. The van der Waals surface area contributed by atoms with E-state index < -0.39 is 88.8 Å². The van der Waals surface area contributed by atoms with E-state index >= 15 is 4.79 Å². The van der Waals surface area contributed by atoms with Crippen LogP contribution < -0.4 is 9.64 Å². The molecule has 0 unspecified atom stereocenters. The number of phenols is 3. The second kappa shape index (κ2) is 17.8. The van der Waals surface area contributed by atoms with E-state index in [1.54, 1.807) is 36.6 Å². The van der Waals surface area contributed by atoms with E-state index in [1.807, 2.05) is 12.1 Å². The molecule has 0 radical (unpaired) electrons. The molecule has 0 aromatic heterocycles. The number of aromatic hydroxyl groups is 3. The van der Waals surface area contributed by atoms with E-state index in [1.165, 1.54) is 24.3 Å². The van der Waals surface area contributed by atoms with Gasteiger partial charge in [0, 0.05) is 47.2 Å². The van der Waals surface area contributed by atoms with Crippen LogP contribution in [0, 0.1) is 5.92 Å². The Labute approximate surface area is 386 Å². The summed E-state index contributed by atoms with van der Waals surface area (Å²) in [7, 11) is 0. The first kappa shape index (κ1) is 46.5. The third-order valence-corrected chi connectivity index (χ3v) is 15.1. The molecule has 3 aromatic carbocycles. The van der Waals surface area contributed by atoms with Crippen LogP contribution in [0.1, 0.15) is 98.8 Å². The monoisotopic (exact) mass is 923 g/mol. The van der Waals surface area contributed by atoms with Crippen molar-refractivity contribution < 1.29 is 70.1 Å². The van der Waals surface area contributed by atoms with Gasteiger partial charge in [-0.15, -0.1) is 0 Å². The molecule has 10 N–H and O–H groups in total. The highest BCUT2D eigenvalue weighted by atomic mass is 16.8. The number of carboxylic acids is 1. The van der Waals surface area contributed by atoms with E-state index in [0.717, 1.165) is 43.1 Å². The van der Waals surface area contributed by atoms with Gasteiger partial charge < -0.3 is 60.5 Å². The zero-order valence-electron chi connectivity index (χ0n) is 36.8. The van der Waals surface area contributed by atoms with Gasteiger partial charge >= 0.3 is 11.9 Å². The van der Waals surface area contributed by atoms with Crippen LogP contribution in [0.25, 0.3) is 6.08 Å². The molecule has 6 aliphatic rings. The van der Waals surface area contributed by atoms with Crippen molar-refractivity contribution in [3.8, 4) is 23.0 Å². The lowest BCUT2D eigenvalue weighted by molar-refractivity contribution is -0.422. The summed E-state index contributed by atoms with van der Waals surface area (Å²) in [6.07, 6.45) is 5.17. The second-order valence-electron chi connectivity index (χ2n) is 19.0. The molecule has 0 bridgehead atoms. The van der Waals surface area contributed by atoms with Gasteiger partial charge in [0.25, 0.3) is 5.91 Å². The van der Waals surface area contributed by atoms with Gasteiger partial charge in [-0.1, -0.05) is 61.9 Å².